The third-order valence-corrected chi connectivity index (χ3v) is 3.59. The van der Waals surface area contributed by atoms with E-state index in [-0.39, 0.29) is 11.4 Å². The number of rotatable bonds is 2. The lowest BCUT2D eigenvalue weighted by Crippen LogP contribution is -2.19. The normalized spacial score (nSPS) is 14.9. The Morgan fingerprint density at radius 1 is 1.38 bits per heavy atom. The van der Waals surface area contributed by atoms with Crippen molar-refractivity contribution < 1.29 is 9.53 Å². The molecule has 3 heteroatoms. The molecule has 0 N–H and O–H groups in total. The van der Waals surface area contributed by atoms with E-state index in [4.69, 9.17) is 17.0 Å². The SMILES string of the molecule is CCC(C)(C)c1cccc2c1C(=O)OC2=S. The third kappa shape index (κ3) is 1.55. The quantitative estimate of drug-likeness (QED) is 0.580. The van der Waals surface area contributed by atoms with Crippen LogP contribution in [0.2, 0.25) is 0 Å². The number of cyclic esters (lactones) is 1. The van der Waals surface area contributed by atoms with Gasteiger partial charge in [0.1, 0.15) is 0 Å². The zero-order valence-corrected chi connectivity index (χ0v) is 10.5. The molecule has 0 radical (unpaired) electrons. The van der Waals surface area contributed by atoms with Gasteiger partial charge in [-0.25, -0.2) is 4.79 Å². The van der Waals surface area contributed by atoms with Gasteiger partial charge in [0.15, 0.2) is 0 Å². The van der Waals surface area contributed by atoms with Crippen molar-refractivity contribution in [2.45, 2.75) is 32.6 Å². The van der Waals surface area contributed by atoms with Crippen molar-refractivity contribution in [2.75, 3.05) is 0 Å². The van der Waals surface area contributed by atoms with Crippen molar-refractivity contribution in [1.82, 2.24) is 0 Å². The summed E-state index contributed by atoms with van der Waals surface area (Å²) < 4.78 is 5.00. The first-order valence-corrected chi connectivity index (χ1v) is 5.78. The minimum Gasteiger partial charge on any atom is -0.410 e. The summed E-state index contributed by atoms with van der Waals surface area (Å²) in [6.45, 7) is 6.35. The molecule has 0 amide bonds. The molecule has 1 aliphatic heterocycles. The zero-order valence-electron chi connectivity index (χ0n) is 9.66. The number of carbonyl (C=O) groups is 1. The summed E-state index contributed by atoms with van der Waals surface area (Å²) >= 11 is 5.03. The molecule has 1 aliphatic rings. The number of hydrogen-bond donors (Lipinski definition) is 0. The van der Waals surface area contributed by atoms with E-state index in [2.05, 4.69) is 20.8 Å². The van der Waals surface area contributed by atoms with Gasteiger partial charge in [-0.05, 0) is 35.7 Å². The Balaban J connectivity index is 2.67. The van der Waals surface area contributed by atoms with Gasteiger partial charge >= 0.3 is 5.97 Å². The zero-order chi connectivity index (χ0) is 11.9. The largest absolute Gasteiger partial charge is 0.410 e. The smallest absolute Gasteiger partial charge is 0.345 e. The second-order valence-electron chi connectivity index (χ2n) is 4.64. The van der Waals surface area contributed by atoms with E-state index in [0.29, 0.717) is 10.6 Å². The Morgan fingerprint density at radius 3 is 2.69 bits per heavy atom. The van der Waals surface area contributed by atoms with Gasteiger partial charge < -0.3 is 4.74 Å². The summed E-state index contributed by atoms with van der Waals surface area (Å²) in [5, 5.41) is 0.300. The van der Waals surface area contributed by atoms with E-state index in [1.165, 1.54) is 0 Å². The Bertz CT molecular complexity index is 475. The molecule has 84 valence electrons. The van der Waals surface area contributed by atoms with Crippen LogP contribution in [-0.4, -0.2) is 11.0 Å². The highest BCUT2D eigenvalue weighted by Gasteiger charge is 2.33. The van der Waals surface area contributed by atoms with Crippen LogP contribution in [0.1, 0.15) is 48.7 Å². The molecule has 0 aromatic heterocycles. The van der Waals surface area contributed by atoms with Crippen molar-refractivity contribution in [1.29, 1.82) is 0 Å². The maximum atomic E-state index is 11.7. The van der Waals surface area contributed by atoms with Crippen LogP contribution >= 0.6 is 12.2 Å². The second kappa shape index (κ2) is 3.67. The van der Waals surface area contributed by atoms with E-state index in [0.717, 1.165) is 17.5 Å². The first kappa shape index (κ1) is 11.3. The molecule has 2 nitrogen and oxygen atoms in total. The fourth-order valence-corrected chi connectivity index (χ4v) is 2.13. The molecule has 1 heterocycles. The molecule has 0 bridgehead atoms. The molecule has 0 unspecified atom stereocenters. The average Bonchev–Trinajstić information content (AvgIpc) is 2.55. The predicted molar refractivity (Wildman–Crippen MR) is 66.9 cm³/mol. The van der Waals surface area contributed by atoms with Crippen molar-refractivity contribution >= 4 is 23.2 Å². The Hall–Kier alpha value is -1.22. The number of esters is 1. The van der Waals surface area contributed by atoms with Crippen molar-refractivity contribution in [3.05, 3.63) is 34.9 Å². The van der Waals surface area contributed by atoms with Gasteiger partial charge in [-0.1, -0.05) is 32.9 Å². The van der Waals surface area contributed by atoms with Crippen molar-refractivity contribution in [2.24, 2.45) is 0 Å². The van der Waals surface area contributed by atoms with Crippen LogP contribution in [-0.2, 0) is 10.2 Å². The molecule has 2 rings (SSSR count). The lowest BCUT2D eigenvalue weighted by molar-refractivity contribution is 0.0739. The van der Waals surface area contributed by atoms with Gasteiger partial charge in [-0.2, -0.15) is 0 Å². The highest BCUT2D eigenvalue weighted by Crippen LogP contribution is 2.34. The van der Waals surface area contributed by atoms with Crippen LogP contribution in [0.4, 0.5) is 0 Å². The van der Waals surface area contributed by atoms with Gasteiger partial charge in [-0.15, -0.1) is 0 Å². The van der Waals surface area contributed by atoms with E-state index in [1.807, 2.05) is 18.2 Å². The maximum Gasteiger partial charge on any atom is 0.345 e. The lowest BCUT2D eigenvalue weighted by Gasteiger charge is -2.24. The van der Waals surface area contributed by atoms with Crippen LogP contribution in [0.15, 0.2) is 18.2 Å². The van der Waals surface area contributed by atoms with Crippen LogP contribution in [0.3, 0.4) is 0 Å². The molecule has 16 heavy (non-hydrogen) atoms. The summed E-state index contributed by atoms with van der Waals surface area (Å²) in [5.74, 6) is -0.308. The molecule has 0 aliphatic carbocycles. The summed E-state index contributed by atoms with van der Waals surface area (Å²) in [4.78, 5) is 11.7. The van der Waals surface area contributed by atoms with Gasteiger partial charge in [0.2, 0.25) is 5.05 Å². The number of carbonyl (C=O) groups excluding carboxylic acids is 1. The first-order valence-electron chi connectivity index (χ1n) is 5.37. The topological polar surface area (TPSA) is 26.3 Å². The molecule has 0 saturated heterocycles. The van der Waals surface area contributed by atoms with Gasteiger partial charge in [0.05, 0.1) is 5.56 Å². The van der Waals surface area contributed by atoms with Crippen molar-refractivity contribution in [3.63, 3.8) is 0 Å². The fraction of sp³-hybridized carbons (Fsp3) is 0.385. The van der Waals surface area contributed by atoms with Gasteiger partial charge in [0, 0.05) is 5.56 Å². The van der Waals surface area contributed by atoms with Crippen molar-refractivity contribution in [3.8, 4) is 0 Å². The van der Waals surface area contributed by atoms with Crippen LogP contribution < -0.4 is 0 Å². The number of benzene rings is 1. The molecule has 0 atom stereocenters. The highest BCUT2D eigenvalue weighted by molar-refractivity contribution is 7.80. The molecular formula is C13H14O2S. The summed E-state index contributed by atoms with van der Waals surface area (Å²) in [6, 6.07) is 5.76. The Kier molecular flexibility index (Phi) is 2.58. The fourth-order valence-electron chi connectivity index (χ4n) is 1.89. The summed E-state index contributed by atoms with van der Waals surface area (Å²) in [7, 11) is 0. The molecule has 0 fully saturated rings. The molecule has 1 aromatic carbocycles. The standard InChI is InChI=1S/C13H14O2S/c1-4-13(2,3)9-7-5-6-8-10(9)11(14)15-12(8)16/h5-7H,4H2,1-3H3. The van der Waals surface area contributed by atoms with Crippen LogP contribution in [0.5, 0.6) is 0 Å². The predicted octanol–water partition coefficient (Wildman–Crippen LogP) is 3.22. The van der Waals surface area contributed by atoms with E-state index in [9.17, 15) is 4.79 Å². The minimum atomic E-state index is -0.308. The maximum absolute atomic E-state index is 11.7. The van der Waals surface area contributed by atoms with E-state index >= 15 is 0 Å². The summed E-state index contributed by atoms with van der Waals surface area (Å²) in [6.07, 6.45) is 0.962. The first-order chi connectivity index (χ1) is 7.47. The monoisotopic (exact) mass is 234 g/mol. The number of ether oxygens (including phenoxy) is 1. The van der Waals surface area contributed by atoms with E-state index < -0.39 is 0 Å². The summed E-state index contributed by atoms with van der Waals surface area (Å²) in [5.41, 5.74) is 2.40. The third-order valence-electron chi connectivity index (χ3n) is 3.29. The Morgan fingerprint density at radius 2 is 2.06 bits per heavy atom. The second-order valence-corrected chi connectivity index (χ2v) is 5.01. The molecular weight excluding hydrogens is 220 g/mol. The number of fused-ring (bicyclic) bond motifs is 1. The highest BCUT2D eigenvalue weighted by atomic mass is 32.1. The molecule has 1 aromatic rings. The lowest BCUT2D eigenvalue weighted by atomic mass is 9.79. The Labute approximate surface area is 101 Å². The molecule has 0 spiro atoms. The number of hydrogen-bond acceptors (Lipinski definition) is 3. The van der Waals surface area contributed by atoms with Crippen LogP contribution in [0.25, 0.3) is 0 Å². The average molecular weight is 234 g/mol. The van der Waals surface area contributed by atoms with Crippen LogP contribution in [0, 0.1) is 0 Å². The van der Waals surface area contributed by atoms with E-state index in [1.54, 1.807) is 0 Å². The number of thiocarbonyl (C=S) groups is 1. The van der Waals surface area contributed by atoms with Gasteiger partial charge in [-0.3, -0.25) is 0 Å². The van der Waals surface area contributed by atoms with Gasteiger partial charge in [0.25, 0.3) is 0 Å². The molecule has 0 saturated carbocycles. The minimum absolute atomic E-state index is 0.0374.